The first-order valence-electron chi connectivity index (χ1n) is 7.20. The number of aromatic nitrogens is 5. The monoisotopic (exact) mass is 359 g/mol. The maximum atomic E-state index is 12.1. The van der Waals surface area contributed by atoms with Crippen LogP contribution in [0.2, 0.25) is 5.02 Å². The first-order chi connectivity index (χ1) is 12.0. The van der Waals surface area contributed by atoms with Gasteiger partial charge in [0.2, 0.25) is 11.9 Å². The molecule has 4 N–H and O–H groups in total. The Bertz CT molecular complexity index is 892. The van der Waals surface area contributed by atoms with E-state index in [-0.39, 0.29) is 24.3 Å². The van der Waals surface area contributed by atoms with Crippen molar-refractivity contribution in [2.24, 2.45) is 0 Å². The molecule has 0 unspecified atom stereocenters. The predicted molar refractivity (Wildman–Crippen MR) is 90.6 cm³/mol. The number of nitrogen functional groups attached to an aromatic ring is 2. The van der Waals surface area contributed by atoms with E-state index in [0.29, 0.717) is 17.1 Å². The van der Waals surface area contributed by atoms with E-state index in [1.807, 2.05) is 18.2 Å². The zero-order chi connectivity index (χ0) is 17.8. The van der Waals surface area contributed by atoms with Gasteiger partial charge in [0.1, 0.15) is 0 Å². The molecule has 2 heterocycles. The zero-order valence-corrected chi connectivity index (χ0v) is 13.7. The van der Waals surface area contributed by atoms with Crippen LogP contribution in [0.4, 0.5) is 11.9 Å². The average Bonchev–Trinajstić information content (AvgIpc) is 3.03. The van der Waals surface area contributed by atoms with Crippen molar-refractivity contribution in [3.05, 3.63) is 58.6 Å². The molecule has 3 aromatic rings. The number of ether oxygens (including phenoxy) is 1. The van der Waals surface area contributed by atoms with E-state index in [1.54, 1.807) is 16.9 Å². The molecule has 0 aliphatic carbocycles. The van der Waals surface area contributed by atoms with Crippen molar-refractivity contribution in [1.29, 1.82) is 0 Å². The summed E-state index contributed by atoms with van der Waals surface area (Å²) in [7, 11) is 0. The van der Waals surface area contributed by atoms with E-state index in [2.05, 4.69) is 20.1 Å². The van der Waals surface area contributed by atoms with Crippen molar-refractivity contribution in [1.82, 2.24) is 24.7 Å². The Morgan fingerprint density at radius 1 is 1.16 bits per heavy atom. The van der Waals surface area contributed by atoms with Gasteiger partial charge in [-0.2, -0.15) is 20.1 Å². The van der Waals surface area contributed by atoms with Gasteiger partial charge >= 0.3 is 5.97 Å². The lowest BCUT2D eigenvalue weighted by atomic mass is 10.2. The summed E-state index contributed by atoms with van der Waals surface area (Å²) in [6, 6.07) is 7.41. The van der Waals surface area contributed by atoms with Gasteiger partial charge in [-0.3, -0.25) is 4.68 Å². The first-order valence-corrected chi connectivity index (χ1v) is 7.58. The van der Waals surface area contributed by atoms with Gasteiger partial charge in [0.05, 0.1) is 18.3 Å². The topological polar surface area (TPSA) is 135 Å². The fourth-order valence-corrected chi connectivity index (χ4v) is 2.29. The summed E-state index contributed by atoms with van der Waals surface area (Å²) in [6.45, 7) is 0.263. The Hall–Kier alpha value is -3.20. The minimum atomic E-state index is -0.567. The summed E-state index contributed by atoms with van der Waals surface area (Å²) < 4.78 is 6.72. The van der Waals surface area contributed by atoms with Crippen LogP contribution in [0.1, 0.15) is 21.7 Å². The number of nitrogens with two attached hydrogens (primary N) is 2. The van der Waals surface area contributed by atoms with Crippen molar-refractivity contribution in [3.8, 4) is 0 Å². The maximum Gasteiger partial charge on any atom is 0.341 e. The Morgan fingerprint density at radius 3 is 2.60 bits per heavy atom. The van der Waals surface area contributed by atoms with Gasteiger partial charge in [0, 0.05) is 11.2 Å². The molecular weight excluding hydrogens is 346 g/mol. The van der Waals surface area contributed by atoms with Crippen LogP contribution in [0.5, 0.6) is 0 Å². The van der Waals surface area contributed by atoms with Gasteiger partial charge in [-0.25, -0.2) is 4.79 Å². The van der Waals surface area contributed by atoms with Gasteiger partial charge in [-0.05, 0) is 11.6 Å². The van der Waals surface area contributed by atoms with E-state index < -0.39 is 5.97 Å². The van der Waals surface area contributed by atoms with Gasteiger partial charge < -0.3 is 16.2 Å². The van der Waals surface area contributed by atoms with E-state index in [1.165, 1.54) is 6.20 Å². The molecule has 9 nitrogen and oxygen atoms in total. The lowest BCUT2D eigenvalue weighted by molar-refractivity contribution is 0.0462. The number of benzene rings is 1. The largest absolute Gasteiger partial charge is 0.454 e. The van der Waals surface area contributed by atoms with Crippen molar-refractivity contribution in [2.75, 3.05) is 11.5 Å². The second-order valence-electron chi connectivity index (χ2n) is 5.06. The molecule has 0 saturated carbocycles. The van der Waals surface area contributed by atoms with Gasteiger partial charge in [0.15, 0.2) is 12.4 Å². The number of carbonyl (C=O) groups excluding carboxylic acids is 1. The molecule has 1 aromatic carbocycles. The summed E-state index contributed by atoms with van der Waals surface area (Å²) in [5.41, 5.74) is 12.1. The van der Waals surface area contributed by atoms with Crippen LogP contribution in [0.3, 0.4) is 0 Å². The van der Waals surface area contributed by atoms with Crippen LogP contribution in [-0.2, 0) is 17.9 Å². The lowest BCUT2D eigenvalue weighted by Crippen LogP contribution is -2.11. The molecule has 2 aromatic heterocycles. The third-order valence-electron chi connectivity index (χ3n) is 3.21. The van der Waals surface area contributed by atoms with E-state index >= 15 is 0 Å². The summed E-state index contributed by atoms with van der Waals surface area (Å²) in [5.74, 6) is -0.470. The Morgan fingerprint density at radius 2 is 1.88 bits per heavy atom. The number of carbonyl (C=O) groups is 1. The van der Waals surface area contributed by atoms with Gasteiger partial charge in [-0.15, -0.1) is 0 Å². The van der Waals surface area contributed by atoms with Crippen LogP contribution in [0.15, 0.2) is 36.7 Å². The molecule has 0 amide bonds. The fourth-order valence-electron chi connectivity index (χ4n) is 2.09. The average molecular weight is 360 g/mol. The second kappa shape index (κ2) is 7.14. The lowest BCUT2D eigenvalue weighted by Gasteiger charge is -2.04. The molecule has 3 rings (SSSR count). The summed E-state index contributed by atoms with van der Waals surface area (Å²) >= 11 is 6.11. The standard InChI is InChI=1S/C15H14ClN7O2/c16-11-4-2-1-3-9(11)6-23-7-10(5-19-23)13(24)25-8-12-20-14(17)22-15(18)21-12/h1-5,7H,6,8H2,(H4,17,18,20,21,22). The predicted octanol–water partition coefficient (Wildman–Crippen LogP) is 1.29. The van der Waals surface area contributed by atoms with Crippen LogP contribution >= 0.6 is 11.6 Å². The van der Waals surface area contributed by atoms with Crippen molar-refractivity contribution < 1.29 is 9.53 Å². The highest BCUT2D eigenvalue weighted by molar-refractivity contribution is 6.31. The number of hydrogen-bond donors (Lipinski definition) is 2. The van der Waals surface area contributed by atoms with Crippen LogP contribution in [-0.4, -0.2) is 30.7 Å². The first kappa shape index (κ1) is 16.7. The maximum absolute atomic E-state index is 12.1. The molecule has 0 spiro atoms. The van der Waals surface area contributed by atoms with E-state index in [4.69, 9.17) is 27.8 Å². The molecule has 0 aliphatic heterocycles. The highest BCUT2D eigenvalue weighted by Gasteiger charge is 2.12. The number of halogens is 1. The molecule has 0 bridgehead atoms. The second-order valence-corrected chi connectivity index (χ2v) is 5.47. The molecule has 0 radical (unpaired) electrons. The van der Waals surface area contributed by atoms with E-state index in [0.717, 1.165) is 5.56 Å². The molecule has 0 aliphatic rings. The number of nitrogens with zero attached hydrogens (tertiary/aromatic N) is 5. The third kappa shape index (κ3) is 4.21. The Balaban J connectivity index is 1.63. The van der Waals surface area contributed by atoms with Crippen LogP contribution < -0.4 is 11.5 Å². The zero-order valence-electron chi connectivity index (χ0n) is 13.0. The summed E-state index contributed by atoms with van der Waals surface area (Å²) in [4.78, 5) is 23.4. The van der Waals surface area contributed by atoms with Crippen LogP contribution in [0, 0.1) is 0 Å². The van der Waals surface area contributed by atoms with Crippen molar-refractivity contribution >= 4 is 29.5 Å². The molecule has 10 heteroatoms. The summed E-state index contributed by atoms with van der Waals surface area (Å²) in [6.07, 6.45) is 2.98. The molecule has 0 fully saturated rings. The molecule has 128 valence electrons. The normalized spacial score (nSPS) is 10.6. The number of anilines is 2. The fraction of sp³-hybridized carbons (Fsp3) is 0.133. The SMILES string of the molecule is Nc1nc(N)nc(COC(=O)c2cnn(Cc3ccccc3Cl)c2)n1. The van der Waals surface area contributed by atoms with Gasteiger partial charge in [-0.1, -0.05) is 29.8 Å². The third-order valence-corrected chi connectivity index (χ3v) is 3.58. The van der Waals surface area contributed by atoms with Crippen LogP contribution in [0.25, 0.3) is 0 Å². The molecular formula is C15H14ClN7O2. The molecule has 0 saturated heterocycles. The number of hydrogen-bond acceptors (Lipinski definition) is 8. The quantitative estimate of drug-likeness (QED) is 0.650. The van der Waals surface area contributed by atoms with E-state index in [9.17, 15) is 4.79 Å². The highest BCUT2D eigenvalue weighted by Crippen LogP contribution is 2.16. The smallest absolute Gasteiger partial charge is 0.341 e. The summed E-state index contributed by atoms with van der Waals surface area (Å²) in [5, 5.41) is 4.76. The van der Waals surface area contributed by atoms with Crippen molar-refractivity contribution in [2.45, 2.75) is 13.2 Å². The Labute approximate surface area is 147 Å². The number of rotatable bonds is 5. The highest BCUT2D eigenvalue weighted by atomic mass is 35.5. The minimum absolute atomic E-state index is 0.0360. The number of esters is 1. The molecule has 25 heavy (non-hydrogen) atoms. The Kier molecular flexibility index (Phi) is 4.75. The minimum Gasteiger partial charge on any atom is -0.454 e. The van der Waals surface area contributed by atoms with Gasteiger partial charge in [0.25, 0.3) is 0 Å². The molecule has 0 atom stereocenters. The van der Waals surface area contributed by atoms with Crippen molar-refractivity contribution in [3.63, 3.8) is 0 Å².